The fourth-order valence-corrected chi connectivity index (χ4v) is 1.29. The SMILES string of the molecule is O=C(O)CONC(=O)Nc1cccc(Br)c1. The van der Waals surface area contributed by atoms with Gasteiger partial charge >= 0.3 is 12.0 Å². The molecule has 1 aromatic rings. The second-order valence-corrected chi connectivity index (χ2v) is 3.66. The van der Waals surface area contributed by atoms with E-state index >= 15 is 0 Å². The number of halogens is 1. The van der Waals surface area contributed by atoms with Crippen molar-refractivity contribution in [3.8, 4) is 0 Å². The van der Waals surface area contributed by atoms with Gasteiger partial charge in [0.25, 0.3) is 0 Å². The second kappa shape index (κ2) is 6.09. The number of aliphatic carboxylic acids is 1. The molecule has 7 heteroatoms. The van der Waals surface area contributed by atoms with Crippen LogP contribution in [0.5, 0.6) is 0 Å². The molecule has 0 aliphatic rings. The molecule has 86 valence electrons. The van der Waals surface area contributed by atoms with E-state index in [2.05, 4.69) is 26.1 Å². The maximum atomic E-state index is 11.1. The summed E-state index contributed by atoms with van der Waals surface area (Å²) in [6.45, 7) is -0.591. The molecule has 0 bridgehead atoms. The zero-order valence-electron chi connectivity index (χ0n) is 8.07. The second-order valence-electron chi connectivity index (χ2n) is 2.75. The predicted octanol–water partition coefficient (Wildman–Crippen LogP) is 1.59. The van der Waals surface area contributed by atoms with Crippen molar-refractivity contribution in [2.24, 2.45) is 0 Å². The summed E-state index contributed by atoms with van der Waals surface area (Å²) in [6, 6.07) is 6.29. The molecule has 1 rings (SSSR count). The van der Waals surface area contributed by atoms with Crippen molar-refractivity contribution < 1.29 is 19.5 Å². The Morgan fingerprint density at radius 2 is 2.19 bits per heavy atom. The Hall–Kier alpha value is -1.60. The van der Waals surface area contributed by atoms with Crippen LogP contribution in [0.4, 0.5) is 10.5 Å². The molecule has 0 heterocycles. The van der Waals surface area contributed by atoms with Gasteiger partial charge in [-0.05, 0) is 18.2 Å². The first-order valence-electron chi connectivity index (χ1n) is 4.24. The van der Waals surface area contributed by atoms with Gasteiger partial charge in [-0.25, -0.2) is 15.1 Å². The zero-order chi connectivity index (χ0) is 12.0. The molecular formula is C9H9BrN2O4. The van der Waals surface area contributed by atoms with Crippen molar-refractivity contribution in [1.82, 2.24) is 5.48 Å². The normalized spacial score (nSPS) is 9.56. The van der Waals surface area contributed by atoms with E-state index in [1.54, 1.807) is 18.2 Å². The Morgan fingerprint density at radius 1 is 1.44 bits per heavy atom. The van der Waals surface area contributed by atoms with Crippen LogP contribution in [-0.4, -0.2) is 23.7 Å². The number of nitrogens with one attached hydrogen (secondary N) is 2. The van der Waals surface area contributed by atoms with Crippen LogP contribution < -0.4 is 10.8 Å². The van der Waals surface area contributed by atoms with Crippen LogP contribution in [0.2, 0.25) is 0 Å². The highest BCUT2D eigenvalue weighted by atomic mass is 79.9. The van der Waals surface area contributed by atoms with Gasteiger partial charge in [0, 0.05) is 10.2 Å². The van der Waals surface area contributed by atoms with Crippen molar-refractivity contribution in [2.45, 2.75) is 0 Å². The largest absolute Gasteiger partial charge is 0.479 e. The summed E-state index contributed by atoms with van der Waals surface area (Å²) in [5.74, 6) is -1.16. The fourth-order valence-electron chi connectivity index (χ4n) is 0.886. The van der Waals surface area contributed by atoms with Crippen LogP contribution in [0.1, 0.15) is 0 Å². The van der Waals surface area contributed by atoms with E-state index in [0.29, 0.717) is 5.69 Å². The van der Waals surface area contributed by atoms with E-state index in [1.807, 2.05) is 11.5 Å². The van der Waals surface area contributed by atoms with Gasteiger partial charge in [0.1, 0.15) is 0 Å². The molecule has 0 radical (unpaired) electrons. The smallest absolute Gasteiger partial charge is 0.343 e. The highest BCUT2D eigenvalue weighted by Gasteiger charge is 2.03. The summed E-state index contributed by atoms with van der Waals surface area (Å²) in [4.78, 5) is 25.6. The molecule has 0 aromatic heterocycles. The summed E-state index contributed by atoms with van der Waals surface area (Å²) >= 11 is 3.24. The number of benzene rings is 1. The lowest BCUT2D eigenvalue weighted by Crippen LogP contribution is -2.30. The molecule has 0 saturated carbocycles. The summed E-state index contributed by atoms with van der Waals surface area (Å²) in [6.07, 6.45) is 0. The number of carboxylic acid groups (broad SMARTS) is 1. The summed E-state index contributed by atoms with van der Waals surface area (Å²) in [5.41, 5.74) is 2.50. The standard InChI is InChI=1S/C9H9BrN2O4/c10-6-2-1-3-7(4-6)11-9(15)12-16-5-8(13)14/h1-4H,5H2,(H,13,14)(H2,11,12,15). The number of amides is 2. The molecule has 2 amide bonds. The third-order valence-electron chi connectivity index (χ3n) is 1.44. The lowest BCUT2D eigenvalue weighted by Gasteiger charge is -2.06. The third-order valence-corrected chi connectivity index (χ3v) is 1.94. The van der Waals surface area contributed by atoms with Crippen molar-refractivity contribution in [3.63, 3.8) is 0 Å². The average Bonchev–Trinajstić information content (AvgIpc) is 2.16. The number of hydroxylamine groups is 1. The Kier molecular flexibility index (Phi) is 4.74. The lowest BCUT2D eigenvalue weighted by molar-refractivity contribution is -0.143. The van der Waals surface area contributed by atoms with Gasteiger partial charge in [-0.3, -0.25) is 4.84 Å². The highest BCUT2D eigenvalue weighted by molar-refractivity contribution is 9.10. The van der Waals surface area contributed by atoms with Crippen LogP contribution in [-0.2, 0) is 9.63 Å². The van der Waals surface area contributed by atoms with Crippen molar-refractivity contribution in [3.05, 3.63) is 28.7 Å². The first-order valence-corrected chi connectivity index (χ1v) is 5.03. The zero-order valence-corrected chi connectivity index (χ0v) is 9.65. The summed E-state index contributed by atoms with van der Waals surface area (Å²) in [5, 5.41) is 10.7. The van der Waals surface area contributed by atoms with Crippen LogP contribution in [0.15, 0.2) is 28.7 Å². The average molecular weight is 289 g/mol. The first kappa shape index (κ1) is 12.5. The monoisotopic (exact) mass is 288 g/mol. The van der Waals surface area contributed by atoms with Gasteiger partial charge in [0.15, 0.2) is 6.61 Å². The maximum absolute atomic E-state index is 11.1. The van der Waals surface area contributed by atoms with Crippen LogP contribution in [0, 0.1) is 0 Å². The Morgan fingerprint density at radius 3 is 2.81 bits per heavy atom. The van der Waals surface area contributed by atoms with Crippen LogP contribution >= 0.6 is 15.9 Å². The number of hydrogen-bond acceptors (Lipinski definition) is 3. The molecule has 1 aromatic carbocycles. The van der Waals surface area contributed by atoms with E-state index in [0.717, 1.165) is 4.47 Å². The Labute approximate surface area is 99.7 Å². The minimum atomic E-state index is -1.16. The number of carbonyl (C=O) groups excluding carboxylic acids is 1. The molecule has 0 atom stereocenters. The van der Waals surface area contributed by atoms with Gasteiger partial charge < -0.3 is 10.4 Å². The van der Waals surface area contributed by atoms with E-state index in [1.165, 1.54) is 0 Å². The minimum Gasteiger partial charge on any atom is -0.479 e. The summed E-state index contributed by atoms with van der Waals surface area (Å²) < 4.78 is 0.816. The molecule has 0 fully saturated rings. The predicted molar refractivity (Wildman–Crippen MR) is 59.9 cm³/mol. The number of urea groups is 1. The Bertz CT molecular complexity index is 397. The number of carboxylic acids is 1. The van der Waals surface area contributed by atoms with Gasteiger partial charge in [-0.2, -0.15) is 0 Å². The molecule has 0 unspecified atom stereocenters. The molecule has 6 nitrogen and oxygen atoms in total. The minimum absolute atomic E-state index is 0.561. The van der Waals surface area contributed by atoms with Crippen molar-refractivity contribution in [2.75, 3.05) is 11.9 Å². The first-order chi connectivity index (χ1) is 7.58. The topological polar surface area (TPSA) is 87.7 Å². The van der Waals surface area contributed by atoms with E-state index in [-0.39, 0.29) is 0 Å². The van der Waals surface area contributed by atoms with Gasteiger partial charge in [0.2, 0.25) is 0 Å². The maximum Gasteiger partial charge on any atom is 0.343 e. The molecule has 16 heavy (non-hydrogen) atoms. The van der Waals surface area contributed by atoms with E-state index in [9.17, 15) is 9.59 Å². The molecule has 0 aliphatic heterocycles. The third kappa shape index (κ3) is 4.76. The molecule has 0 aliphatic carbocycles. The van der Waals surface area contributed by atoms with Crippen LogP contribution in [0.25, 0.3) is 0 Å². The number of carbonyl (C=O) groups is 2. The number of hydrogen-bond donors (Lipinski definition) is 3. The van der Waals surface area contributed by atoms with Gasteiger partial charge in [0.05, 0.1) is 0 Å². The molecule has 0 saturated heterocycles. The lowest BCUT2D eigenvalue weighted by atomic mass is 10.3. The van der Waals surface area contributed by atoms with Crippen molar-refractivity contribution in [1.29, 1.82) is 0 Å². The van der Waals surface area contributed by atoms with E-state index < -0.39 is 18.6 Å². The van der Waals surface area contributed by atoms with Gasteiger partial charge in [-0.1, -0.05) is 22.0 Å². The van der Waals surface area contributed by atoms with Gasteiger partial charge in [-0.15, -0.1) is 0 Å². The Balaban J connectivity index is 2.37. The molecular weight excluding hydrogens is 280 g/mol. The summed E-state index contributed by atoms with van der Waals surface area (Å²) in [7, 11) is 0. The highest BCUT2D eigenvalue weighted by Crippen LogP contribution is 2.15. The number of anilines is 1. The number of rotatable bonds is 4. The fraction of sp³-hybridized carbons (Fsp3) is 0.111. The molecule has 0 spiro atoms. The quantitative estimate of drug-likeness (QED) is 0.734. The molecule has 3 N–H and O–H groups in total. The van der Waals surface area contributed by atoms with Crippen LogP contribution in [0.3, 0.4) is 0 Å². The van der Waals surface area contributed by atoms with Crippen molar-refractivity contribution >= 4 is 33.6 Å². The van der Waals surface area contributed by atoms with E-state index in [4.69, 9.17) is 5.11 Å².